The molecule has 1 N–H and O–H groups in total. The van der Waals surface area contributed by atoms with Gasteiger partial charge in [0.2, 0.25) is 5.89 Å². The van der Waals surface area contributed by atoms with Gasteiger partial charge in [0.25, 0.3) is 5.69 Å². The van der Waals surface area contributed by atoms with E-state index in [9.17, 15) is 10.1 Å². The summed E-state index contributed by atoms with van der Waals surface area (Å²) in [6.07, 6.45) is 3.44. The molecule has 3 rings (SSSR count). The number of hydrogen-bond acceptors (Lipinski definition) is 7. The molecule has 0 unspecified atom stereocenters. The molecule has 19 heavy (non-hydrogen) atoms. The smallest absolute Gasteiger partial charge is 0.287 e. The van der Waals surface area contributed by atoms with Gasteiger partial charge in [0.15, 0.2) is 5.82 Å². The number of nitrogens with zero attached hydrogens (tertiary/aromatic N) is 4. The molecule has 1 saturated carbocycles. The Bertz CT molecular complexity index is 591. The van der Waals surface area contributed by atoms with E-state index in [0.717, 1.165) is 18.7 Å². The van der Waals surface area contributed by atoms with Crippen molar-refractivity contribution in [2.24, 2.45) is 0 Å². The maximum atomic E-state index is 10.5. The lowest BCUT2D eigenvalue weighted by molar-refractivity contribution is -0.385. The lowest BCUT2D eigenvalue weighted by atomic mass is 10.4. The van der Waals surface area contributed by atoms with E-state index in [1.807, 2.05) is 0 Å². The van der Waals surface area contributed by atoms with Gasteiger partial charge in [-0.1, -0.05) is 5.16 Å². The summed E-state index contributed by atoms with van der Waals surface area (Å²) in [6, 6.07) is 2.93. The van der Waals surface area contributed by atoms with Crippen LogP contribution in [0.4, 0.5) is 11.5 Å². The van der Waals surface area contributed by atoms with Crippen LogP contribution in [0.1, 0.15) is 30.5 Å². The van der Waals surface area contributed by atoms with Gasteiger partial charge in [-0.25, -0.2) is 4.98 Å². The lowest BCUT2D eigenvalue weighted by Crippen LogP contribution is -2.02. The highest BCUT2D eigenvalue weighted by Crippen LogP contribution is 2.38. The summed E-state index contributed by atoms with van der Waals surface area (Å²) in [5.74, 6) is 2.22. The molecule has 0 aromatic carbocycles. The molecule has 0 bridgehead atoms. The second-order valence-electron chi connectivity index (χ2n) is 4.33. The first-order valence-electron chi connectivity index (χ1n) is 5.89. The van der Waals surface area contributed by atoms with E-state index < -0.39 is 4.92 Å². The number of aromatic nitrogens is 3. The monoisotopic (exact) mass is 261 g/mol. The van der Waals surface area contributed by atoms with Gasteiger partial charge < -0.3 is 9.84 Å². The van der Waals surface area contributed by atoms with Crippen molar-refractivity contribution in [2.75, 3.05) is 5.32 Å². The van der Waals surface area contributed by atoms with Crippen LogP contribution in [0.25, 0.3) is 0 Å². The lowest BCUT2D eigenvalue weighted by Gasteiger charge is -2.00. The van der Waals surface area contributed by atoms with Crippen molar-refractivity contribution >= 4 is 11.5 Å². The van der Waals surface area contributed by atoms with Crippen molar-refractivity contribution in [3.63, 3.8) is 0 Å². The fraction of sp³-hybridized carbons (Fsp3) is 0.364. The Morgan fingerprint density at radius 1 is 1.47 bits per heavy atom. The van der Waals surface area contributed by atoms with Gasteiger partial charge in [-0.3, -0.25) is 10.1 Å². The third-order valence-electron chi connectivity index (χ3n) is 2.81. The fourth-order valence-corrected chi connectivity index (χ4v) is 1.61. The van der Waals surface area contributed by atoms with Crippen LogP contribution in [0.2, 0.25) is 0 Å². The predicted octanol–water partition coefficient (Wildman–Crippen LogP) is 1.86. The second-order valence-corrected chi connectivity index (χ2v) is 4.33. The van der Waals surface area contributed by atoms with Crippen molar-refractivity contribution in [1.82, 2.24) is 15.1 Å². The van der Waals surface area contributed by atoms with E-state index in [-0.39, 0.29) is 5.69 Å². The number of pyridine rings is 1. The molecule has 8 heteroatoms. The minimum Gasteiger partial charge on any atom is -0.361 e. The molecule has 1 aliphatic carbocycles. The first-order chi connectivity index (χ1) is 9.22. The predicted molar refractivity (Wildman–Crippen MR) is 64.5 cm³/mol. The van der Waals surface area contributed by atoms with Crippen molar-refractivity contribution < 1.29 is 9.45 Å². The Kier molecular flexibility index (Phi) is 2.82. The largest absolute Gasteiger partial charge is 0.361 e. The van der Waals surface area contributed by atoms with Crippen LogP contribution in [0.3, 0.4) is 0 Å². The summed E-state index contributed by atoms with van der Waals surface area (Å²) in [6.45, 7) is 0.352. The molecule has 2 aromatic heterocycles. The van der Waals surface area contributed by atoms with Crippen LogP contribution < -0.4 is 5.32 Å². The van der Waals surface area contributed by atoms with Crippen molar-refractivity contribution in [1.29, 1.82) is 0 Å². The zero-order chi connectivity index (χ0) is 13.2. The average Bonchev–Trinajstić information content (AvgIpc) is 3.16. The molecule has 0 aliphatic heterocycles. The maximum absolute atomic E-state index is 10.5. The van der Waals surface area contributed by atoms with Crippen molar-refractivity contribution in [2.45, 2.75) is 25.3 Å². The van der Waals surface area contributed by atoms with Crippen molar-refractivity contribution in [3.8, 4) is 0 Å². The van der Waals surface area contributed by atoms with Gasteiger partial charge in [0.1, 0.15) is 12.0 Å². The van der Waals surface area contributed by atoms with E-state index in [1.165, 1.54) is 18.3 Å². The molecular weight excluding hydrogens is 250 g/mol. The molecular formula is C11H11N5O3. The third-order valence-corrected chi connectivity index (χ3v) is 2.81. The maximum Gasteiger partial charge on any atom is 0.287 e. The summed E-state index contributed by atoms with van der Waals surface area (Å²) in [7, 11) is 0. The van der Waals surface area contributed by atoms with Gasteiger partial charge in [-0.05, 0) is 18.9 Å². The zero-order valence-electron chi connectivity index (χ0n) is 9.94. The van der Waals surface area contributed by atoms with E-state index in [1.54, 1.807) is 0 Å². The SMILES string of the molecule is O=[N+]([O-])c1ccc(NCc2nc(C3CC3)no2)nc1. The van der Waals surface area contributed by atoms with Gasteiger partial charge >= 0.3 is 0 Å². The average molecular weight is 261 g/mol. The molecule has 1 aliphatic rings. The van der Waals surface area contributed by atoms with Crippen LogP contribution in [0.5, 0.6) is 0 Å². The topological polar surface area (TPSA) is 107 Å². The van der Waals surface area contributed by atoms with Crippen LogP contribution in [-0.4, -0.2) is 20.0 Å². The molecule has 0 atom stereocenters. The van der Waals surface area contributed by atoms with Crippen LogP contribution in [0, 0.1) is 10.1 Å². The van der Waals surface area contributed by atoms with E-state index in [0.29, 0.717) is 24.2 Å². The number of anilines is 1. The van der Waals surface area contributed by atoms with Gasteiger partial charge in [-0.2, -0.15) is 4.98 Å². The third kappa shape index (κ3) is 2.67. The first-order valence-corrected chi connectivity index (χ1v) is 5.89. The Morgan fingerprint density at radius 2 is 2.32 bits per heavy atom. The summed E-state index contributed by atoms with van der Waals surface area (Å²) in [5.41, 5.74) is -0.0423. The molecule has 0 spiro atoms. The highest BCUT2D eigenvalue weighted by Gasteiger charge is 2.28. The Hall–Kier alpha value is -2.51. The minimum absolute atomic E-state index is 0.0423. The van der Waals surface area contributed by atoms with Gasteiger partial charge in [-0.15, -0.1) is 0 Å². The summed E-state index contributed by atoms with van der Waals surface area (Å²) < 4.78 is 5.09. The van der Waals surface area contributed by atoms with Crippen LogP contribution in [-0.2, 0) is 6.54 Å². The standard InChI is InChI=1S/C11H11N5O3/c17-16(18)8-3-4-9(12-5-8)13-6-10-14-11(15-19-10)7-1-2-7/h3-5,7H,1-2,6H2,(H,12,13). The van der Waals surface area contributed by atoms with Crippen molar-refractivity contribution in [3.05, 3.63) is 40.2 Å². The Morgan fingerprint density at radius 3 is 2.95 bits per heavy atom. The molecule has 2 heterocycles. The quantitative estimate of drug-likeness (QED) is 0.646. The number of nitrogens with one attached hydrogen (secondary N) is 1. The molecule has 1 fully saturated rings. The van der Waals surface area contributed by atoms with E-state index in [2.05, 4.69) is 20.4 Å². The van der Waals surface area contributed by atoms with E-state index in [4.69, 9.17) is 4.52 Å². The first kappa shape index (κ1) is 11.6. The van der Waals surface area contributed by atoms with E-state index >= 15 is 0 Å². The number of rotatable bonds is 5. The highest BCUT2D eigenvalue weighted by atomic mass is 16.6. The molecule has 8 nitrogen and oxygen atoms in total. The van der Waals surface area contributed by atoms with Gasteiger partial charge in [0, 0.05) is 12.0 Å². The summed E-state index contributed by atoms with van der Waals surface area (Å²) in [4.78, 5) is 18.2. The highest BCUT2D eigenvalue weighted by molar-refractivity contribution is 5.39. The molecule has 98 valence electrons. The summed E-state index contributed by atoms with van der Waals surface area (Å²) in [5, 5.41) is 17.3. The molecule has 0 amide bonds. The second kappa shape index (κ2) is 4.63. The Labute approximate surface area is 108 Å². The Balaban J connectivity index is 1.59. The molecule has 0 radical (unpaired) electrons. The summed E-state index contributed by atoms with van der Waals surface area (Å²) >= 11 is 0. The zero-order valence-corrected chi connectivity index (χ0v) is 9.94. The minimum atomic E-state index is -0.489. The van der Waals surface area contributed by atoms with Crippen LogP contribution in [0.15, 0.2) is 22.9 Å². The number of hydrogen-bond donors (Lipinski definition) is 1. The van der Waals surface area contributed by atoms with Crippen LogP contribution >= 0.6 is 0 Å². The molecule has 0 saturated heterocycles. The molecule has 2 aromatic rings. The normalized spacial score (nSPS) is 14.3. The van der Waals surface area contributed by atoms with Gasteiger partial charge in [0.05, 0.1) is 11.5 Å². The number of nitro groups is 1. The fourth-order valence-electron chi connectivity index (χ4n) is 1.61.